The number of aliphatic hydroxyl groups is 1. The third-order valence-electron chi connectivity index (χ3n) is 0.605. The lowest BCUT2D eigenvalue weighted by Crippen LogP contribution is -2.21. The van der Waals surface area contributed by atoms with Crippen molar-refractivity contribution < 1.29 is 19.0 Å². The molecule has 0 heterocycles. The smallest absolute Gasteiger partial charge is 0.404 e. The third-order valence-corrected chi connectivity index (χ3v) is 0.605. The van der Waals surface area contributed by atoms with Gasteiger partial charge in [0.2, 0.25) is 0 Å². The van der Waals surface area contributed by atoms with Crippen LogP contribution in [-0.4, -0.2) is 30.6 Å². The van der Waals surface area contributed by atoms with Crippen LogP contribution in [0.15, 0.2) is 0 Å². The molecule has 0 rings (SSSR count). The summed E-state index contributed by atoms with van der Waals surface area (Å²) < 4.78 is 15.9. The van der Waals surface area contributed by atoms with Gasteiger partial charge in [0.25, 0.3) is 0 Å². The summed E-state index contributed by atoms with van der Waals surface area (Å²) in [6.07, 6.45) is -2.57. The van der Waals surface area contributed by atoms with E-state index >= 15 is 0 Å². The fourth-order valence-corrected chi connectivity index (χ4v) is 0.225. The van der Waals surface area contributed by atoms with Gasteiger partial charge in [-0.1, -0.05) is 0 Å². The van der Waals surface area contributed by atoms with Gasteiger partial charge in [0.15, 0.2) is 6.17 Å². The number of hydrogen-bond donors (Lipinski definition) is 2. The Morgan fingerprint density at radius 2 is 2.44 bits per heavy atom. The zero-order valence-electron chi connectivity index (χ0n) is 4.71. The summed E-state index contributed by atoms with van der Waals surface area (Å²) in [6.45, 7) is -1.14. The number of primary amides is 1. The maximum absolute atomic E-state index is 11.9. The molecule has 0 spiro atoms. The largest absolute Gasteiger partial charge is 0.447 e. The predicted molar refractivity (Wildman–Crippen MR) is 27.5 cm³/mol. The molecule has 0 saturated carbocycles. The highest BCUT2D eigenvalue weighted by atomic mass is 19.1. The van der Waals surface area contributed by atoms with Crippen molar-refractivity contribution in [2.24, 2.45) is 5.73 Å². The van der Waals surface area contributed by atoms with Gasteiger partial charge >= 0.3 is 6.09 Å². The van der Waals surface area contributed by atoms with Gasteiger partial charge < -0.3 is 15.6 Å². The molecule has 0 aromatic carbocycles. The fraction of sp³-hybridized carbons (Fsp3) is 0.750. The van der Waals surface area contributed by atoms with Gasteiger partial charge in [0.1, 0.15) is 6.61 Å². The molecule has 1 atom stereocenters. The van der Waals surface area contributed by atoms with E-state index in [0.29, 0.717) is 0 Å². The van der Waals surface area contributed by atoms with E-state index in [0.717, 1.165) is 0 Å². The summed E-state index contributed by atoms with van der Waals surface area (Å²) in [5.74, 6) is 0. The Labute approximate surface area is 51.4 Å². The molecule has 3 N–H and O–H groups in total. The topological polar surface area (TPSA) is 72.6 Å². The average molecular weight is 137 g/mol. The fourth-order valence-electron chi connectivity index (χ4n) is 0.225. The van der Waals surface area contributed by atoms with Crippen molar-refractivity contribution in [1.29, 1.82) is 0 Å². The normalized spacial score (nSPS) is 12.7. The van der Waals surface area contributed by atoms with Crippen LogP contribution in [0.1, 0.15) is 0 Å². The van der Waals surface area contributed by atoms with Crippen LogP contribution < -0.4 is 5.73 Å². The number of carbonyl (C=O) groups excluding carboxylic acids is 1. The number of ether oxygens (including phenoxy) is 1. The van der Waals surface area contributed by atoms with E-state index in [2.05, 4.69) is 10.5 Å². The number of hydrogen-bond acceptors (Lipinski definition) is 3. The van der Waals surface area contributed by atoms with Gasteiger partial charge in [-0.3, -0.25) is 0 Å². The number of nitrogens with two attached hydrogens (primary N) is 1. The first kappa shape index (κ1) is 8.16. The molecule has 54 valence electrons. The van der Waals surface area contributed by atoms with Gasteiger partial charge in [-0.05, 0) is 0 Å². The minimum atomic E-state index is -1.53. The number of aliphatic hydroxyl groups excluding tert-OH is 1. The molecule has 0 saturated heterocycles. The highest BCUT2D eigenvalue weighted by molar-refractivity contribution is 5.64. The van der Waals surface area contributed by atoms with Crippen molar-refractivity contribution in [3.63, 3.8) is 0 Å². The third kappa shape index (κ3) is 5.02. The molecule has 5 heteroatoms. The second kappa shape index (κ2) is 4.08. The number of alkyl halides is 1. The molecule has 0 aliphatic rings. The van der Waals surface area contributed by atoms with Crippen molar-refractivity contribution in [1.82, 2.24) is 0 Å². The molecule has 0 aliphatic heterocycles. The number of amides is 1. The van der Waals surface area contributed by atoms with E-state index < -0.39 is 25.5 Å². The van der Waals surface area contributed by atoms with Crippen LogP contribution >= 0.6 is 0 Å². The van der Waals surface area contributed by atoms with Gasteiger partial charge in [-0.2, -0.15) is 0 Å². The Kier molecular flexibility index (Phi) is 3.70. The standard InChI is InChI=1S/C4H8FNO3/c5-3(1-7)2-9-4(6)8/h3,7H,1-2H2,(H2,6,8)/t3-/m0/s1. The lowest BCUT2D eigenvalue weighted by atomic mass is 10.4. The SMILES string of the molecule is NC(=O)OC[C@@H](F)CO. The van der Waals surface area contributed by atoms with E-state index in [1.807, 2.05) is 0 Å². The van der Waals surface area contributed by atoms with Crippen LogP contribution in [0.4, 0.5) is 9.18 Å². The van der Waals surface area contributed by atoms with Crippen LogP contribution in [0.3, 0.4) is 0 Å². The quantitative estimate of drug-likeness (QED) is 0.546. The number of halogens is 1. The van der Waals surface area contributed by atoms with Crippen molar-refractivity contribution in [2.45, 2.75) is 6.17 Å². The minimum Gasteiger partial charge on any atom is -0.447 e. The molecule has 9 heavy (non-hydrogen) atoms. The molecule has 4 nitrogen and oxygen atoms in total. The molecule has 0 unspecified atom stereocenters. The van der Waals surface area contributed by atoms with Crippen molar-refractivity contribution in [3.8, 4) is 0 Å². The molecule has 0 fully saturated rings. The Balaban J connectivity index is 3.16. The Morgan fingerprint density at radius 1 is 1.89 bits per heavy atom. The molecule has 0 bridgehead atoms. The lowest BCUT2D eigenvalue weighted by Gasteiger charge is -2.02. The van der Waals surface area contributed by atoms with Gasteiger partial charge in [0, 0.05) is 0 Å². The summed E-state index contributed by atoms with van der Waals surface area (Å²) >= 11 is 0. The van der Waals surface area contributed by atoms with E-state index in [9.17, 15) is 9.18 Å². The molecule has 0 aromatic heterocycles. The average Bonchev–Trinajstić information content (AvgIpc) is 1.83. The lowest BCUT2D eigenvalue weighted by molar-refractivity contribution is 0.0875. The van der Waals surface area contributed by atoms with E-state index in [1.165, 1.54) is 0 Å². The van der Waals surface area contributed by atoms with Crippen LogP contribution in [-0.2, 0) is 4.74 Å². The first-order chi connectivity index (χ1) is 4.16. The Bertz CT molecular complexity index is 97.8. The summed E-state index contributed by atoms with van der Waals surface area (Å²) in [6, 6.07) is 0. The minimum absolute atomic E-state index is 0.480. The van der Waals surface area contributed by atoms with Gasteiger partial charge in [-0.25, -0.2) is 9.18 Å². The van der Waals surface area contributed by atoms with Crippen molar-refractivity contribution in [2.75, 3.05) is 13.2 Å². The van der Waals surface area contributed by atoms with Crippen LogP contribution in [0.25, 0.3) is 0 Å². The summed E-state index contributed by atoms with van der Waals surface area (Å²) in [5.41, 5.74) is 4.49. The van der Waals surface area contributed by atoms with Gasteiger partial charge in [0.05, 0.1) is 6.61 Å². The maximum atomic E-state index is 11.9. The number of rotatable bonds is 3. The first-order valence-electron chi connectivity index (χ1n) is 2.34. The first-order valence-corrected chi connectivity index (χ1v) is 2.34. The molecule has 0 aromatic rings. The Morgan fingerprint density at radius 3 is 2.78 bits per heavy atom. The summed E-state index contributed by atoms with van der Waals surface area (Å²) in [7, 11) is 0. The predicted octanol–water partition coefficient (Wildman–Crippen LogP) is -0.588. The number of carbonyl (C=O) groups is 1. The van der Waals surface area contributed by atoms with Crippen LogP contribution in [0.5, 0.6) is 0 Å². The molecule has 1 amide bonds. The highest BCUT2D eigenvalue weighted by Gasteiger charge is 2.05. The summed E-state index contributed by atoms with van der Waals surface area (Å²) in [4.78, 5) is 9.77. The van der Waals surface area contributed by atoms with Gasteiger partial charge in [-0.15, -0.1) is 0 Å². The summed E-state index contributed by atoms with van der Waals surface area (Å²) in [5, 5.41) is 8.04. The molecular weight excluding hydrogens is 129 g/mol. The zero-order valence-corrected chi connectivity index (χ0v) is 4.71. The highest BCUT2D eigenvalue weighted by Crippen LogP contribution is 1.88. The molecule has 0 aliphatic carbocycles. The second-order valence-corrected chi connectivity index (χ2v) is 1.41. The maximum Gasteiger partial charge on any atom is 0.404 e. The monoisotopic (exact) mass is 137 g/mol. The van der Waals surface area contributed by atoms with Crippen LogP contribution in [0.2, 0.25) is 0 Å². The van der Waals surface area contributed by atoms with Crippen molar-refractivity contribution in [3.05, 3.63) is 0 Å². The zero-order chi connectivity index (χ0) is 7.28. The van der Waals surface area contributed by atoms with E-state index in [1.54, 1.807) is 0 Å². The molecule has 0 radical (unpaired) electrons. The molecular formula is C4H8FNO3. The Hall–Kier alpha value is -0.840. The second-order valence-electron chi connectivity index (χ2n) is 1.41. The van der Waals surface area contributed by atoms with E-state index in [4.69, 9.17) is 5.11 Å². The van der Waals surface area contributed by atoms with Crippen molar-refractivity contribution >= 4 is 6.09 Å². The van der Waals surface area contributed by atoms with Crippen LogP contribution in [0, 0.1) is 0 Å². The van der Waals surface area contributed by atoms with E-state index in [-0.39, 0.29) is 0 Å².